The zero-order valence-corrected chi connectivity index (χ0v) is 13.1. The Morgan fingerprint density at radius 3 is 2.33 bits per heavy atom. The van der Waals surface area contributed by atoms with Crippen LogP contribution >= 0.6 is 0 Å². The average molecular weight is 285 g/mol. The molecule has 1 N–H and O–H groups in total. The minimum atomic E-state index is -0.636. The van der Waals surface area contributed by atoms with Gasteiger partial charge < -0.3 is 14.3 Å². The third kappa shape index (κ3) is 2.21. The van der Waals surface area contributed by atoms with Crippen LogP contribution in [0.1, 0.15) is 33.3 Å². The average Bonchev–Trinajstić information content (AvgIpc) is 2.58. The molecule has 21 heavy (non-hydrogen) atoms. The van der Waals surface area contributed by atoms with Gasteiger partial charge in [0.1, 0.15) is 0 Å². The van der Waals surface area contributed by atoms with E-state index < -0.39 is 18.3 Å². The topological polar surface area (TPSA) is 51.3 Å². The molecule has 0 saturated carbocycles. The van der Waals surface area contributed by atoms with E-state index >= 15 is 0 Å². The number of hydrogen-bond acceptors (Lipinski definition) is 3. The Labute approximate surface area is 124 Å². The van der Waals surface area contributed by atoms with Gasteiger partial charge in [0, 0.05) is 16.4 Å². The lowest BCUT2D eigenvalue weighted by Gasteiger charge is -2.32. The summed E-state index contributed by atoms with van der Waals surface area (Å²) in [5.74, 6) is 0. The number of H-pyrrole nitrogens is 1. The number of aryl methyl sites for hydroxylation is 1. The van der Waals surface area contributed by atoms with Crippen molar-refractivity contribution in [3.63, 3.8) is 0 Å². The maximum atomic E-state index is 12.3. The van der Waals surface area contributed by atoms with Gasteiger partial charge in [-0.2, -0.15) is 0 Å². The molecule has 1 fully saturated rings. The molecular weight excluding hydrogens is 265 g/mol. The van der Waals surface area contributed by atoms with Crippen LogP contribution in [-0.4, -0.2) is 23.3 Å². The summed E-state index contributed by atoms with van der Waals surface area (Å²) >= 11 is 0. The van der Waals surface area contributed by atoms with Crippen molar-refractivity contribution < 1.29 is 9.31 Å². The van der Waals surface area contributed by atoms with Crippen LogP contribution in [0, 0.1) is 6.92 Å². The number of nitrogens with one attached hydrogen (secondary N) is 1. The highest BCUT2D eigenvalue weighted by Crippen LogP contribution is 2.36. The molecule has 1 aromatic heterocycles. The second kappa shape index (κ2) is 4.45. The summed E-state index contributed by atoms with van der Waals surface area (Å²) in [4.78, 5) is 15.3. The van der Waals surface area contributed by atoms with E-state index in [2.05, 4.69) is 4.98 Å². The first-order valence-electron chi connectivity index (χ1n) is 7.19. The van der Waals surface area contributed by atoms with E-state index in [4.69, 9.17) is 9.31 Å². The number of aromatic nitrogens is 1. The molecule has 2 heterocycles. The summed E-state index contributed by atoms with van der Waals surface area (Å²) in [6.45, 7) is 9.94. The molecule has 1 aliphatic heterocycles. The molecule has 110 valence electrons. The molecule has 0 unspecified atom stereocenters. The van der Waals surface area contributed by atoms with E-state index in [1.54, 1.807) is 0 Å². The number of aromatic amines is 1. The number of pyridine rings is 1. The van der Waals surface area contributed by atoms with Crippen molar-refractivity contribution in [2.24, 2.45) is 0 Å². The molecule has 1 aliphatic rings. The van der Waals surface area contributed by atoms with E-state index in [9.17, 15) is 4.79 Å². The van der Waals surface area contributed by atoms with Gasteiger partial charge in [-0.1, -0.05) is 12.1 Å². The maximum Gasteiger partial charge on any atom is 0.500 e. The summed E-state index contributed by atoms with van der Waals surface area (Å²) in [5, 5.41) is 1.02. The Kier molecular flexibility index (Phi) is 3.04. The second-order valence-electron chi connectivity index (χ2n) is 6.68. The number of fused-ring (bicyclic) bond motifs is 1. The first-order chi connectivity index (χ1) is 9.71. The predicted octanol–water partition coefficient (Wildman–Crippen LogP) is 2.14. The number of benzene rings is 1. The highest BCUT2D eigenvalue weighted by molar-refractivity contribution is 6.62. The van der Waals surface area contributed by atoms with Crippen molar-refractivity contribution in [1.29, 1.82) is 0 Å². The van der Waals surface area contributed by atoms with E-state index in [1.165, 1.54) is 0 Å². The van der Waals surface area contributed by atoms with Crippen molar-refractivity contribution >= 4 is 23.5 Å². The van der Waals surface area contributed by atoms with Crippen molar-refractivity contribution in [2.45, 2.75) is 45.8 Å². The van der Waals surface area contributed by atoms with Crippen LogP contribution in [0.15, 0.2) is 29.1 Å². The predicted molar refractivity (Wildman–Crippen MR) is 85.0 cm³/mol. The fraction of sp³-hybridized carbons (Fsp3) is 0.438. The zero-order valence-electron chi connectivity index (χ0n) is 13.1. The summed E-state index contributed by atoms with van der Waals surface area (Å²) in [6, 6.07) is 7.74. The van der Waals surface area contributed by atoms with Gasteiger partial charge in [0.2, 0.25) is 5.56 Å². The zero-order chi connectivity index (χ0) is 15.4. The normalized spacial score (nSPS) is 20.1. The monoisotopic (exact) mass is 285 g/mol. The van der Waals surface area contributed by atoms with Crippen molar-refractivity contribution in [1.82, 2.24) is 4.98 Å². The van der Waals surface area contributed by atoms with Gasteiger partial charge in [-0.25, -0.2) is 0 Å². The van der Waals surface area contributed by atoms with E-state index in [0.29, 0.717) is 5.46 Å². The quantitative estimate of drug-likeness (QED) is 0.817. The standard InChI is InChI=1S/C16H20BNO3/c1-10-7-6-8-13-11(10)9-12(14(19)18-13)17-20-15(2,3)16(4,5)21-17/h6-9H,1-5H3,(H,18,19). The van der Waals surface area contributed by atoms with Gasteiger partial charge in [0.15, 0.2) is 0 Å². The molecule has 5 heteroatoms. The van der Waals surface area contributed by atoms with Gasteiger partial charge >= 0.3 is 7.12 Å². The SMILES string of the molecule is Cc1cccc2[nH]c(=O)c(B3OC(C)(C)C(C)(C)O3)cc12. The lowest BCUT2D eigenvalue weighted by molar-refractivity contribution is 0.00578. The van der Waals surface area contributed by atoms with Gasteiger partial charge in [-0.3, -0.25) is 4.79 Å². The fourth-order valence-corrected chi connectivity index (χ4v) is 2.54. The minimum Gasteiger partial charge on any atom is -0.399 e. The Balaban J connectivity index is 2.12. The summed E-state index contributed by atoms with van der Waals surface area (Å²) < 4.78 is 12.0. The summed E-state index contributed by atoms with van der Waals surface area (Å²) in [7, 11) is -0.636. The molecule has 0 radical (unpaired) electrons. The Bertz CT molecular complexity index is 748. The minimum absolute atomic E-state index is 0.161. The maximum absolute atomic E-state index is 12.3. The number of hydrogen-bond donors (Lipinski definition) is 1. The van der Waals surface area contributed by atoms with Gasteiger partial charge in [0.05, 0.1) is 11.2 Å². The molecule has 1 saturated heterocycles. The number of rotatable bonds is 1. The molecule has 0 bridgehead atoms. The Morgan fingerprint density at radius 2 is 1.71 bits per heavy atom. The highest BCUT2D eigenvalue weighted by atomic mass is 16.7. The molecule has 0 spiro atoms. The first kappa shape index (κ1) is 14.4. The molecule has 0 amide bonds. The van der Waals surface area contributed by atoms with Crippen molar-refractivity contribution in [3.05, 3.63) is 40.2 Å². The molecule has 0 atom stereocenters. The molecule has 0 aliphatic carbocycles. The van der Waals surface area contributed by atoms with Gasteiger partial charge in [-0.05, 0) is 52.3 Å². The van der Waals surface area contributed by atoms with E-state index in [0.717, 1.165) is 16.5 Å². The summed E-state index contributed by atoms with van der Waals surface area (Å²) in [5.41, 5.74) is 1.40. The smallest absolute Gasteiger partial charge is 0.399 e. The molecule has 2 aromatic rings. The second-order valence-corrected chi connectivity index (χ2v) is 6.68. The first-order valence-corrected chi connectivity index (χ1v) is 7.19. The Hall–Kier alpha value is -1.59. The third-order valence-corrected chi connectivity index (χ3v) is 4.64. The molecular formula is C16H20BNO3. The molecule has 1 aromatic carbocycles. The van der Waals surface area contributed by atoms with Gasteiger partial charge in [0.25, 0.3) is 0 Å². The van der Waals surface area contributed by atoms with Crippen LogP contribution in [0.3, 0.4) is 0 Å². The van der Waals surface area contributed by atoms with E-state index in [1.807, 2.05) is 58.9 Å². The summed E-state index contributed by atoms with van der Waals surface area (Å²) in [6.07, 6.45) is 0. The van der Waals surface area contributed by atoms with Crippen LogP contribution in [0.5, 0.6) is 0 Å². The van der Waals surface area contributed by atoms with Crippen LogP contribution in [0.2, 0.25) is 0 Å². The fourth-order valence-electron chi connectivity index (χ4n) is 2.54. The lowest BCUT2D eigenvalue weighted by atomic mass is 9.79. The molecule has 4 nitrogen and oxygen atoms in total. The largest absolute Gasteiger partial charge is 0.500 e. The lowest BCUT2D eigenvalue weighted by Crippen LogP contribution is -2.44. The van der Waals surface area contributed by atoms with Gasteiger partial charge in [-0.15, -0.1) is 0 Å². The Morgan fingerprint density at radius 1 is 1.10 bits per heavy atom. The third-order valence-electron chi connectivity index (χ3n) is 4.64. The van der Waals surface area contributed by atoms with Crippen molar-refractivity contribution in [3.8, 4) is 0 Å². The van der Waals surface area contributed by atoms with Crippen LogP contribution in [-0.2, 0) is 9.31 Å². The highest BCUT2D eigenvalue weighted by Gasteiger charge is 2.52. The molecule has 3 rings (SSSR count). The van der Waals surface area contributed by atoms with Crippen LogP contribution < -0.4 is 11.0 Å². The van der Waals surface area contributed by atoms with E-state index in [-0.39, 0.29) is 5.56 Å². The van der Waals surface area contributed by atoms with Crippen LogP contribution in [0.25, 0.3) is 10.9 Å². The van der Waals surface area contributed by atoms with Crippen LogP contribution in [0.4, 0.5) is 0 Å². The van der Waals surface area contributed by atoms with Crippen molar-refractivity contribution in [2.75, 3.05) is 0 Å².